The van der Waals surface area contributed by atoms with E-state index in [1.807, 2.05) is 48.5 Å². The Morgan fingerprint density at radius 3 is 2.35 bits per heavy atom. The number of aromatic nitrogens is 2. The van der Waals surface area contributed by atoms with Crippen molar-refractivity contribution < 1.29 is 14.7 Å². The summed E-state index contributed by atoms with van der Waals surface area (Å²) in [6, 6.07) is 18.6. The van der Waals surface area contributed by atoms with Gasteiger partial charge in [-0.15, -0.1) is 11.3 Å². The number of carbonyl (C=O) groups is 2. The minimum absolute atomic E-state index is 0.0238. The molecule has 0 aliphatic rings. The molecule has 31 heavy (non-hydrogen) atoms. The molecule has 156 valence electrons. The lowest BCUT2D eigenvalue weighted by atomic mass is 10.2. The summed E-state index contributed by atoms with van der Waals surface area (Å²) in [4.78, 5) is 44.3. The van der Waals surface area contributed by atoms with Gasteiger partial charge in [0.15, 0.2) is 0 Å². The second-order valence-electron chi connectivity index (χ2n) is 7.06. The van der Waals surface area contributed by atoms with Crippen LogP contribution in [-0.4, -0.2) is 38.5 Å². The fraction of sp³-hybridized carbons (Fsp3) is 0.130. The number of carboxylic acid groups (broad SMARTS) is 1. The summed E-state index contributed by atoms with van der Waals surface area (Å²) >= 11 is 1.10. The first kappa shape index (κ1) is 20.5. The van der Waals surface area contributed by atoms with Crippen LogP contribution in [0.15, 0.2) is 70.8 Å². The summed E-state index contributed by atoms with van der Waals surface area (Å²) in [5.41, 5.74) is 0.999. The average Bonchev–Trinajstić information content (AvgIpc) is 3.21. The van der Waals surface area contributed by atoms with Gasteiger partial charge in [-0.3, -0.25) is 14.2 Å². The highest BCUT2D eigenvalue weighted by atomic mass is 32.1. The molecule has 0 fully saturated rings. The van der Waals surface area contributed by atoms with Gasteiger partial charge in [0.1, 0.15) is 17.2 Å². The van der Waals surface area contributed by atoms with Crippen LogP contribution in [0.25, 0.3) is 21.6 Å². The molecule has 0 aliphatic heterocycles. The normalized spacial score (nSPS) is 10.9. The van der Waals surface area contributed by atoms with E-state index in [-0.39, 0.29) is 23.4 Å². The number of amides is 1. The number of hydrogen-bond donors (Lipinski definition) is 1. The molecule has 0 radical (unpaired) electrons. The molecule has 0 unspecified atom stereocenters. The highest BCUT2D eigenvalue weighted by Crippen LogP contribution is 2.25. The van der Waals surface area contributed by atoms with E-state index in [1.165, 1.54) is 14.8 Å². The SMILES string of the molecule is CN(Cc1ccccc1)C(=O)Cn1c(-c2ccccc2)nc2scc(C(=O)O)c2c1=O. The van der Waals surface area contributed by atoms with Gasteiger partial charge >= 0.3 is 5.97 Å². The molecular weight excluding hydrogens is 414 g/mol. The molecule has 4 aromatic rings. The Morgan fingerprint density at radius 1 is 1.06 bits per heavy atom. The largest absolute Gasteiger partial charge is 0.478 e. The van der Waals surface area contributed by atoms with Gasteiger partial charge in [-0.2, -0.15) is 0 Å². The minimum Gasteiger partial charge on any atom is -0.478 e. The summed E-state index contributed by atoms with van der Waals surface area (Å²) in [6.45, 7) is 0.147. The van der Waals surface area contributed by atoms with E-state index in [1.54, 1.807) is 19.2 Å². The Hall–Kier alpha value is -3.78. The van der Waals surface area contributed by atoms with Gasteiger partial charge in [0.2, 0.25) is 5.91 Å². The Morgan fingerprint density at radius 2 is 1.71 bits per heavy atom. The second kappa shape index (κ2) is 8.53. The summed E-state index contributed by atoms with van der Waals surface area (Å²) < 4.78 is 1.26. The highest BCUT2D eigenvalue weighted by Gasteiger charge is 2.22. The fourth-order valence-corrected chi connectivity index (χ4v) is 4.24. The van der Waals surface area contributed by atoms with Gasteiger partial charge in [0.05, 0.1) is 10.9 Å². The topological polar surface area (TPSA) is 92.5 Å². The lowest BCUT2D eigenvalue weighted by molar-refractivity contribution is -0.131. The molecule has 2 aromatic carbocycles. The summed E-state index contributed by atoms with van der Waals surface area (Å²) in [5.74, 6) is -1.15. The molecule has 2 heterocycles. The number of carboxylic acids is 1. The van der Waals surface area contributed by atoms with Crippen molar-refractivity contribution in [1.29, 1.82) is 0 Å². The maximum absolute atomic E-state index is 13.3. The molecular formula is C23H19N3O4S. The van der Waals surface area contributed by atoms with Crippen LogP contribution in [0.3, 0.4) is 0 Å². The number of benzene rings is 2. The molecule has 0 atom stereocenters. The predicted octanol–water partition coefficient (Wildman–Crippen LogP) is 3.48. The van der Waals surface area contributed by atoms with Crippen LogP contribution in [-0.2, 0) is 17.9 Å². The summed E-state index contributed by atoms with van der Waals surface area (Å²) in [6.07, 6.45) is 0. The van der Waals surface area contributed by atoms with Crippen LogP contribution >= 0.6 is 11.3 Å². The molecule has 8 heteroatoms. The number of rotatable bonds is 6. The zero-order chi connectivity index (χ0) is 22.0. The number of fused-ring (bicyclic) bond motifs is 1. The second-order valence-corrected chi connectivity index (χ2v) is 7.92. The molecule has 0 saturated carbocycles. The number of carbonyl (C=O) groups excluding carboxylic acids is 1. The number of likely N-dealkylation sites (N-methyl/N-ethyl adjacent to an activating group) is 1. The van der Waals surface area contributed by atoms with Crippen molar-refractivity contribution in [2.24, 2.45) is 0 Å². The molecule has 1 amide bonds. The van der Waals surface area contributed by atoms with E-state index in [2.05, 4.69) is 4.98 Å². The zero-order valence-electron chi connectivity index (χ0n) is 16.7. The molecule has 4 rings (SSSR count). The summed E-state index contributed by atoms with van der Waals surface area (Å²) in [7, 11) is 1.67. The van der Waals surface area contributed by atoms with E-state index in [4.69, 9.17) is 0 Å². The van der Waals surface area contributed by atoms with E-state index in [9.17, 15) is 19.5 Å². The molecule has 0 aliphatic carbocycles. The molecule has 2 aromatic heterocycles. The summed E-state index contributed by atoms with van der Waals surface area (Å²) in [5, 5.41) is 10.9. The monoisotopic (exact) mass is 433 g/mol. The van der Waals surface area contributed by atoms with Gasteiger partial charge in [0, 0.05) is 24.5 Å². The van der Waals surface area contributed by atoms with Crippen molar-refractivity contribution in [3.63, 3.8) is 0 Å². The van der Waals surface area contributed by atoms with Crippen molar-refractivity contribution in [3.8, 4) is 11.4 Å². The Bertz CT molecular complexity index is 1310. The third kappa shape index (κ3) is 4.10. The quantitative estimate of drug-likeness (QED) is 0.503. The van der Waals surface area contributed by atoms with Gasteiger partial charge in [-0.25, -0.2) is 9.78 Å². The van der Waals surface area contributed by atoms with Crippen LogP contribution in [0.4, 0.5) is 0 Å². The maximum atomic E-state index is 13.3. The number of hydrogen-bond acceptors (Lipinski definition) is 5. The van der Waals surface area contributed by atoms with Crippen LogP contribution < -0.4 is 5.56 Å². The van der Waals surface area contributed by atoms with E-state index in [0.717, 1.165) is 16.9 Å². The van der Waals surface area contributed by atoms with E-state index < -0.39 is 11.5 Å². The first-order valence-corrected chi connectivity index (χ1v) is 10.4. The maximum Gasteiger partial charge on any atom is 0.337 e. The van der Waals surface area contributed by atoms with Crippen LogP contribution in [0, 0.1) is 0 Å². The van der Waals surface area contributed by atoms with Gasteiger partial charge < -0.3 is 10.0 Å². The third-order valence-corrected chi connectivity index (χ3v) is 5.81. The zero-order valence-corrected chi connectivity index (χ0v) is 17.5. The predicted molar refractivity (Wildman–Crippen MR) is 119 cm³/mol. The van der Waals surface area contributed by atoms with Crippen LogP contribution in [0.1, 0.15) is 15.9 Å². The highest BCUT2D eigenvalue weighted by molar-refractivity contribution is 7.17. The molecule has 0 bridgehead atoms. The number of aromatic carboxylic acids is 1. The van der Waals surface area contributed by atoms with Crippen LogP contribution in [0.5, 0.6) is 0 Å². The number of thiophene rings is 1. The first-order chi connectivity index (χ1) is 15.0. The molecule has 7 nitrogen and oxygen atoms in total. The fourth-order valence-electron chi connectivity index (χ4n) is 3.34. The standard InChI is InChI=1S/C23H19N3O4S/c1-25(12-15-8-4-2-5-9-15)18(27)13-26-20(16-10-6-3-7-11-16)24-21-19(22(26)28)17(14-31-21)23(29)30/h2-11,14H,12-13H2,1H3,(H,29,30). The third-order valence-electron chi connectivity index (χ3n) is 4.94. The lowest BCUT2D eigenvalue weighted by Crippen LogP contribution is -2.35. The molecule has 0 spiro atoms. The van der Waals surface area contributed by atoms with Gasteiger partial charge in [-0.05, 0) is 5.56 Å². The number of nitrogens with zero attached hydrogens (tertiary/aromatic N) is 3. The Labute approximate surface area is 181 Å². The Kier molecular flexibility index (Phi) is 5.64. The van der Waals surface area contributed by atoms with Gasteiger partial charge in [-0.1, -0.05) is 60.7 Å². The van der Waals surface area contributed by atoms with Crippen molar-refractivity contribution in [2.75, 3.05) is 7.05 Å². The first-order valence-electron chi connectivity index (χ1n) is 9.54. The van der Waals surface area contributed by atoms with E-state index >= 15 is 0 Å². The minimum atomic E-state index is -1.20. The van der Waals surface area contributed by atoms with Gasteiger partial charge in [0.25, 0.3) is 5.56 Å². The van der Waals surface area contributed by atoms with E-state index in [0.29, 0.717) is 22.8 Å². The molecule has 1 N–H and O–H groups in total. The lowest BCUT2D eigenvalue weighted by Gasteiger charge is -2.19. The average molecular weight is 433 g/mol. The van der Waals surface area contributed by atoms with Crippen LogP contribution in [0.2, 0.25) is 0 Å². The van der Waals surface area contributed by atoms with Crippen molar-refractivity contribution >= 4 is 33.4 Å². The van der Waals surface area contributed by atoms with Crippen molar-refractivity contribution in [3.05, 3.63) is 87.5 Å². The Balaban J connectivity index is 1.78. The smallest absolute Gasteiger partial charge is 0.337 e. The molecule has 0 saturated heterocycles. The van der Waals surface area contributed by atoms with Crippen molar-refractivity contribution in [2.45, 2.75) is 13.1 Å². The van der Waals surface area contributed by atoms with Crippen molar-refractivity contribution in [1.82, 2.24) is 14.5 Å².